The Morgan fingerprint density at radius 2 is 1.81 bits per heavy atom. The minimum atomic E-state index is -0.616. The van der Waals surface area contributed by atoms with Crippen LogP contribution in [0, 0.1) is 5.82 Å². The molecule has 0 atom stereocenters. The molecule has 0 bridgehead atoms. The van der Waals surface area contributed by atoms with Gasteiger partial charge < -0.3 is 29.7 Å². The van der Waals surface area contributed by atoms with E-state index >= 15 is 0 Å². The van der Waals surface area contributed by atoms with Gasteiger partial charge in [-0.15, -0.1) is 0 Å². The summed E-state index contributed by atoms with van der Waals surface area (Å²) in [5.41, 5.74) is 1.72. The van der Waals surface area contributed by atoms with Crippen LogP contribution in [0.15, 0.2) is 58.6 Å². The normalized spacial score (nSPS) is 15.2. The summed E-state index contributed by atoms with van der Waals surface area (Å²) in [6, 6.07) is 12.2. The van der Waals surface area contributed by atoms with Crippen molar-refractivity contribution in [2.45, 2.75) is 0 Å². The molecule has 2 N–H and O–H groups in total. The van der Waals surface area contributed by atoms with Gasteiger partial charge in [-0.05, 0) is 30.3 Å². The van der Waals surface area contributed by atoms with Gasteiger partial charge in [0.05, 0.1) is 37.7 Å². The second-order valence-electron chi connectivity index (χ2n) is 8.04. The molecule has 2 aliphatic rings. The summed E-state index contributed by atoms with van der Waals surface area (Å²) >= 11 is 0. The molecule has 1 amide bonds. The number of rotatable bonds is 7. The Morgan fingerprint density at radius 3 is 2.68 bits per heavy atom. The highest BCUT2D eigenvalue weighted by Gasteiger charge is 2.14. The fourth-order valence-electron chi connectivity index (χ4n) is 3.56. The van der Waals surface area contributed by atoms with Crippen molar-refractivity contribution < 1.29 is 23.4 Å². The summed E-state index contributed by atoms with van der Waals surface area (Å²) in [5.74, 6) is 0.291. The van der Waals surface area contributed by atoms with Gasteiger partial charge in [-0.1, -0.05) is 6.07 Å². The predicted octanol–water partition coefficient (Wildman–Crippen LogP) is 3.46. The lowest BCUT2D eigenvalue weighted by Crippen LogP contribution is -2.35. The molecule has 12 heteroatoms. The van der Waals surface area contributed by atoms with E-state index in [2.05, 4.69) is 30.6 Å². The topological polar surface area (TPSA) is 123 Å². The number of amides is 1. The van der Waals surface area contributed by atoms with Crippen LogP contribution in [0.5, 0.6) is 11.5 Å². The van der Waals surface area contributed by atoms with Gasteiger partial charge >= 0.3 is 0 Å². The minimum absolute atomic E-state index is 0.00733. The smallest absolute Gasteiger partial charge is 0.289 e. The Bertz CT molecular complexity index is 1330. The number of aliphatic imine (C=N–C) groups is 2. The predicted molar refractivity (Wildman–Crippen MR) is 136 cm³/mol. The number of benzene rings is 2. The van der Waals surface area contributed by atoms with Gasteiger partial charge in [0.1, 0.15) is 13.2 Å². The highest BCUT2D eigenvalue weighted by Crippen LogP contribution is 2.33. The molecule has 2 aliphatic heterocycles. The minimum Gasteiger partial charge on any atom is -0.486 e. The Balaban J connectivity index is 1.23. The molecular weight excluding hydrogens is 481 g/mol. The summed E-state index contributed by atoms with van der Waals surface area (Å²) in [5, 5.41) is 5.96. The van der Waals surface area contributed by atoms with Crippen LogP contribution in [0.25, 0.3) is 0 Å². The van der Waals surface area contributed by atoms with Crippen molar-refractivity contribution in [3.63, 3.8) is 0 Å². The number of morpholine rings is 1. The summed E-state index contributed by atoms with van der Waals surface area (Å²) in [6.45, 7) is 3.55. The van der Waals surface area contributed by atoms with E-state index in [1.165, 1.54) is 6.34 Å². The molecule has 5 rings (SSSR count). The molecule has 0 saturated carbocycles. The monoisotopic (exact) mass is 505 g/mol. The molecule has 1 saturated heterocycles. The van der Waals surface area contributed by atoms with E-state index in [0.29, 0.717) is 68.1 Å². The largest absolute Gasteiger partial charge is 0.486 e. The lowest BCUT2D eigenvalue weighted by molar-refractivity contribution is -0.111. The highest BCUT2D eigenvalue weighted by molar-refractivity contribution is 6.28. The van der Waals surface area contributed by atoms with Crippen LogP contribution >= 0.6 is 0 Å². The van der Waals surface area contributed by atoms with Gasteiger partial charge in [-0.25, -0.2) is 9.37 Å². The third-order valence-corrected chi connectivity index (χ3v) is 5.37. The van der Waals surface area contributed by atoms with Gasteiger partial charge in [-0.2, -0.15) is 9.98 Å². The number of nitrogens with one attached hydrogen (secondary N) is 2. The van der Waals surface area contributed by atoms with Gasteiger partial charge in [0.2, 0.25) is 5.95 Å². The fourth-order valence-corrected chi connectivity index (χ4v) is 3.56. The number of hydrogen-bond acceptors (Lipinski definition) is 9. The molecule has 2 aromatic carbocycles. The maximum atomic E-state index is 14.4. The first-order valence-corrected chi connectivity index (χ1v) is 11.6. The third-order valence-electron chi connectivity index (χ3n) is 5.37. The molecule has 0 aliphatic carbocycles. The first-order chi connectivity index (χ1) is 18.1. The molecule has 3 heterocycles. The van der Waals surface area contributed by atoms with E-state index in [-0.39, 0.29) is 11.8 Å². The number of hydrogen-bond donors (Lipinski definition) is 2. The van der Waals surface area contributed by atoms with Gasteiger partial charge in [-0.3, -0.25) is 9.79 Å². The Kier molecular flexibility index (Phi) is 7.46. The highest BCUT2D eigenvalue weighted by atomic mass is 19.1. The van der Waals surface area contributed by atoms with Crippen LogP contribution in [0.2, 0.25) is 0 Å². The van der Waals surface area contributed by atoms with Crippen molar-refractivity contribution >= 4 is 47.3 Å². The van der Waals surface area contributed by atoms with E-state index in [1.807, 2.05) is 4.90 Å². The van der Waals surface area contributed by atoms with Crippen LogP contribution < -0.4 is 20.1 Å². The number of carbonyl (C=O) groups excluding carboxylic acids is 1. The van der Waals surface area contributed by atoms with E-state index in [9.17, 15) is 9.18 Å². The summed E-state index contributed by atoms with van der Waals surface area (Å²) in [6.07, 6.45) is 3.74. The molecular formula is C25H24FN7O4. The number of aromatic nitrogens is 2. The van der Waals surface area contributed by atoms with Crippen molar-refractivity contribution in [2.75, 3.05) is 50.2 Å². The van der Waals surface area contributed by atoms with Crippen LogP contribution in [0.1, 0.15) is 0 Å². The zero-order valence-corrected chi connectivity index (χ0v) is 19.8. The van der Waals surface area contributed by atoms with Crippen molar-refractivity contribution in [3.8, 4) is 11.5 Å². The molecule has 0 radical (unpaired) electrons. The van der Waals surface area contributed by atoms with E-state index < -0.39 is 11.7 Å². The number of halogens is 1. The Morgan fingerprint density at radius 1 is 1.00 bits per heavy atom. The van der Waals surface area contributed by atoms with Crippen LogP contribution in [-0.2, 0) is 9.53 Å². The Hall–Kier alpha value is -4.58. The van der Waals surface area contributed by atoms with Crippen molar-refractivity contribution in [3.05, 3.63) is 54.5 Å². The average Bonchev–Trinajstić information content (AvgIpc) is 2.93. The maximum Gasteiger partial charge on any atom is 0.289 e. The molecule has 0 unspecified atom stereocenters. The first kappa shape index (κ1) is 24.1. The van der Waals surface area contributed by atoms with Crippen molar-refractivity contribution in [1.29, 1.82) is 0 Å². The Labute approximate surface area is 212 Å². The van der Waals surface area contributed by atoms with Crippen molar-refractivity contribution in [2.24, 2.45) is 9.98 Å². The lowest BCUT2D eigenvalue weighted by Gasteiger charge is -2.23. The van der Waals surface area contributed by atoms with E-state index in [4.69, 9.17) is 14.2 Å². The molecule has 11 nitrogen and oxygen atoms in total. The molecule has 3 aromatic rings. The zero-order valence-electron chi connectivity index (χ0n) is 19.8. The standard InChI is InChI=1S/C25H24FN7O4/c26-20-14-28-25(32-24(20)30-19-4-5-21-22(13-19)37-11-10-36-21)31-18-3-1-2-17(12-18)27-15-23(34)29-16-33-6-8-35-9-7-33/h1-5,12-16H,6-11H2,(H2,28,30,31,32)/b27-15+,29-16+. The van der Waals surface area contributed by atoms with Crippen LogP contribution in [-0.4, -0.2) is 72.8 Å². The zero-order chi connectivity index (χ0) is 25.5. The first-order valence-electron chi connectivity index (χ1n) is 11.6. The van der Waals surface area contributed by atoms with E-state index in [0.717, 1.165) is 12.4 Å². The number of fused-ring (bicyclic) bond motifs is 1. The quantitative estimate of drug-likeness (QED) is 0.367. The van der Waals surface area contributed by atoms with Gasteiger partial charge in [0.25, 0.3) is 5.91 Å². The summed E-state index contributed by atoms with van der Waals surface area (Å²) in [4.78, 5) is 30.3. The number of carbonyl (C=O) groups is 1. The average molecular weight is 506 g/mol. The summed E-state index contributed by atoms with van der Waals surface area (Å²) in [7, 11) is 0. The number of nitrogens with zero attached hydrogens (tertiary/aromatic N) is 5. The molecule has 0 spiro atoms. The summed E-state index contributed by atoms with van der Waals surface area (Å²) < 4.78 is 30.8. The number of ether oxygens (including phenoxy) is 3. The third kappa shape index (κ3) is 6.55. The molecule has 1 aromatic heterocycles. The van der Waals surface area contributed by atoms with Gasteiger partial charge in [0, 0.05) is 30.5 Å². The van der Waals surface area contributed by atoms with E-state index in [1.54, 1.807) is 42.5 Å². The van der Waals surface area contributed by atoms with Gasteiger partial charge in [0.15, 0.2) is 23.1 Å². The lowest BCUT2D eigenvalue weighted by atomic mass is 10.2. The van der Waals surface area contributed by atoms with Crippen molar-refractivity contribution in [1.82, 2.24) is 14.9 Å². The molecule has 1 fully saturated rings. The second-order valence-corrected chi connectivity index (χ2v) is 8.04. The fraction of sp³-hybridized carbons (Fsp3) is 0.240. The number of anilines is 4. The molecule has 37 heavy (non-hydrogen) atoms. The van der Waals surface area contributed by atoms with Crippen LogP contribution in [0.4, 0.5) is 33.2 Å². The maximum absolute atomic E-state index is 14.4. The van der Waals surface area contributed by atoms with Crippen LogP contribution in [0.3, 0.4) is 0 Å². The SMILES string of the molecule is O=C(/C=N/c1cccc(Nc2ncc(F)c(Nc3ccc4c(c3)OCCO4)n2)c1)/N=C/N1CCOCC1. The molecule has 190 valence electrons. The second kappa shape index (κ2) is 11.4.